The second-order valence-corrected chi connectivity index (χ2v) is 4.18. The van der Waals surface area contributed by atoms with Gasteiger partial charge >= 0.3 is 0 Å². The molecule has 0 aliphatic rings. The lowest BCUT2D eigenvalue weighted by Gasteiger charge is -2.02. The third-order valence-corrected chi connectivity index (χ3v) is 2.66. The summed E-state index contributed by atoms with van der Waals surface area (Å²) in [4.78, 5) is 11.9. The minimum Gasteiger partial charge on any atom is -0.345 e. The van der Waals surface area contributed by atoms with Crippen molar-refractivity contribution in [3.63, 3.8) is 0 Å². The molecule has 0 unspecified atom stereocenters. The fraction of sp³-hybridized carbons (Fsp3) is 0.273. The van der Waals surface area contributed by atoms with Gasteiger partial charge in [0.05, 0.1) is 5.02 Å². The van der Waals surface area contributed by atoms with Gasteiger partial charge in [-0.05, 0) is 12.5 Å². The van der Waals surface area contributed by atoms with Crippen LogP contribution in [-0.2, 0) is 13.5 Å². The first-order valence-electron chi connectivity index (χ1n) is 5.27. The molecule has 6 heteroatoms. The highest BCUT2D eigenvalue weighted by Crippen LogP contribution is 2.14. The van der Waals surface area contributed by atoms with Gasteiger partial charge in [-0.3, -0.25) is 9.89 Å². The lowest BCUT2D eigenvalue weighted by atomic mass is 10.3. The predicted molar refractivity (Wildman–Crippen MR) is 66.3 cm³/mol. The van der Waals surface area contributed by atoms with E-state index in [0.717, 1.165) is 12.1 Å². The standard InChI is InChI=1S/C11H13ClN4O/c1-3-8-5-10(15-14-8)13-11(17)9-4-7(12)6-16(9)2/h4-6H,3H2,1-2H3,(H2,13,14,15,17). The lowest BCUT2D eigenvalue weighted by molar-refractivity contribution is 0.101. The molecular weight excluding hydrogens is 240 g/mol. The molecule has 0 aliphatic carbocycles. The first kappa shape index (κ1) is 11.7. The van der Waals surface area contributed by atoms with Gasteiger partial charge < -0.3 is 9.88 Å². The zero-order valence-corrected chi connectivity index (χ0v) is 10.4. The van der Waals surface area contributed by atoms with Gasteiger partial charge in [0.2, 0.25) is 0 Å². The van der Waals surface area contributed by atoms with Crippen molar-refractivity contribution in [1.82, 2.24) is 14.8 Å². The van der Waals surface area contributed by atoms with Gasteiger partial charge in [-0.15, -0.1) is 0 Å². The summed E-state index contributed by atoms with van der Waals surface area (Å²) in [6.07, 6.45) is 2.53. The summed E-state index contributed by atoms with van der Waals surface area (Å²) in [7, 11) is 1.77. The second-order valence-electron chi connectivity index (χ2n) is 3.74. The molecule has 5 nitrogen and oxygen atoms in total. The molecule has 0 radical (unpaired) electrons. The summed E-state index contributed by atoms with van der Waals surface area (Å²) in [6.45, 7) is 2.01. The van der Waals surface area contributed by atoms with Crippen LogP contribution in [0.5, 0.6) is 0 Å². The van der Waals surface area contributed by atoms with Crippen molar-refractivity contribution >= 4 is 23.3 Å². The van der Waals surface area contributed by atoms with Gasteiger partial charge in [-0.2, -0.15) is 5.10 Å². The van der Waals surface area contributed by atoms with E-state index in [1.807, 2.05) is 13.0 Å². The molecule has 0 aliphatic heterocycles. The highest BCUT2D eigenvalue weighted by molar-refractivity contribution is 6.31. The number of nitrogens with one attached hydrogen (secondary N) is 2. The molecule has 1 amide bonds. The van der Waals surface area contributed by atoms with Crippen LogP contribution in [0.15, 0.2) is 18.3 Å². The molecule has 2 aromatic rings. The van der Waals surface area contributed by atoms with Crippen LogP contribution < -0.4 is 5.32 Å². The van der Waals surface area contributed by atoms with E-state index in [0.29, 0.717) is 16.5 Å². The second kappa shape index (κ2) is 4.63. The Hall–Kier alpha value is -1.75. The number of H-pyrrole nitrogens is 1. The smallest absolute Gasteiger partial charge is 0.273 e. The Morgan fingerprint density at radius 2 is 2.35 bits per heavy atom. The van der Waals surface area contributed by atoms with Gasteiger partial charge in [-0.25, -0.2) is 0 Å². The molecule has 0 aromatic carbocycles. The van der Waals surface area contributed by atoms with Crippen LogP contribution in [0.1, 0.15) is 23.1 Å². The molecular formula is C11H13ClN4O. The quantitative estimate of drug-likeness (QED) is 0.880. The van der Waals surface area contributed by atoms with Crippen molar-refractivity contribution in [3.05, 3.63) is 34.7 Å². The van der Waals surface area contributed by atoms with Gasteiger partial charge in [0.15, 0.2) is 5.82 Å². The summed E-state index contributed by atoms with van der Waals surface area (Å²) in [6, 6.07) is 3.42. The van der Waals surface area contributed by atoms with E-state index in [-0.39, 0.29) is 5.91 Å². The Bertz CT molecular complexity index is 543. The van der Waals surface area contributed by atoms with Crippen molar-refractivity contribution in [2.75, 3.05) is 5.32 Å². The predicted octanol–water partition coefficient (Wildman–Crippen LogP) is 2.22. The maximum absolute atomic E-state index is 11.9. The molecule has 2 rings (SSSR count). The van der Waals surface area contributed by atoms with Gasteiger partial charge in [0, 0.05) is 25.0 Å². The van der Waals surface area contributed by atoms with Crippen molar-refractivity contribution in [3.8, 4) is 0 Å². The topological polar surface area (TPSA) is 62.7 Å². The van der Waals surface area contributed by atoms with Crippen LogP contribution in [0, 0.1) is 0 Å². The van der Waals surface area contributed by atoms with Crippen molar-refractivity contribution in [1.29, 1.82) is 0 Å². The van der Waals surface area contributed by atoms with Crippen molar-refractivity contribution in [2.45, 2.75) is 13.3 Å². The summed E-state index contributed by atoms with van der Waals surface area (Å²) in [5, 5.41) is 10.1. The normalized spacial score (nSPS) is 10.5. The van der Waals surface area contributed by atoms with E-state index < -0.39 is 0 Å². The Morgan fingerprint density at radius 3 is 2.88 bits per heavy atom. The number of amides is 1. The molecule has 17 heavy (non-hydrogen) atoms. The maximum atomic E-state index is 11.9. The third kappa shape index (κ3) is 2.50. The average molecular weight is 253 g/mol. The molecule has 0 bridgehead atoms. The summed E-state index contributed by atoms with van der Waals surface area (Å²) >= 11 is 5.82. The molecule has 2 aromatic heterocycles. The summed E-state index contributed by atoms with van der Waals surface area (Å²) < 4.78 is 1.67. The number of halogens is 1. The maximum Gasteiger partial charge on any atom is 0.273 e. The zero-order chi connectivity index (χ0) is 12.4. The number of aromatic amines is 1. The first-order chi connectivity index (χ1) is 8.10. The van der Waals surface area contributed by atoms with Gasteiger partial charge in [0.1, 0.15) is 5.69 Å². The molecule has 0 fully saturated rings. The van der Waals surface area contributed by atoms with Crippen molar-refractivity contribution < 1.29 is 4.79 Å². The number of anilines is 1. The van der Waals surface area contributed by atoms with Crippen LogP contribution in [0.2, 0.25) is 5.02 Å². The van der Waals surface area contributed by atoms with Crippen LogP contribution in [0.3, 0.4) is 0 Å². The number of aromatic nitrogens is 3. The summed E-state index contributed by atoms with van der Waals surface area (Å²) in [5.41, 5.74) is 1.47. The van der Waals surface area contributed by atoms with Crippen LogP contribution in [-0.4, -0.2) is 20.7 Å². The number of rotatable bonds is 3. The monoisotopic (exact) mass is 252 g/mol. The van der Waals surface area contributed by atoms with E-state index in [4.69, 9.17) is 11.6 Å². The molecule has 2 heterocycles. The minimum atomic E-state index is -0.228. The number of carbonyl (C=O) groups excluding carboxylic acids is 1. The molecule has 0 saturated carbocycles. The van der Waals surface area contributed by atoms with E-state index in [2.05, 4.69) is 15.5 Å². The summed E-state index contributed by atoms with van der Waals surface area (Å²) in [5.74, 6) is 0.290. The Labute approximate surface area is 104 Å². The van der Waals surface area contributed by atoms with Crippen LogP contribution in [0.4, 0.5) is 5.82 Å². The lowest BCUT2D eigenvalue weighted by Crippen LogP contribution is -2.15. The Balaban J connectivity index is 2.14. The van der Waals surface area contributed by atoms with E-state index in [1.54, 1.807) is 23.9 Å². The number of hydrogen-bond donors (Lipinski definition) is 2. The number of carbonyl (C=O) groups is 1. The molecule has 0 spiro atoms. The molecule has 0 atom stereocenters. The number of hydrogen-bond acceptors (Lipinski definition) is 2. The van der Waals surface area contributed by atoms with E-state index in [1.165, 1.54) is 0 Å². The van der Waals surface area contributed by atoms with Crippen LogP contribution >= 0.6 is 11.6 Å². The Kier molecular flexibility index (Phi) is 3.19. The molecule has 2 N–H and O–H groups in total. The highest BCUT2D eigenvalue weighted by atomic mass is 35.5. The fourth-order valence-electron chi connectivity index (χ4n) is 1.54. The zero-order valence-electron chi connectivity index (χ0n) is 9.62. The number of nitrogens with zero attached hydrogens (tertiary/aromatic N) is 2. The van der Waals surface area contributed by atoms with Crippen molar-refractivity contribution in [2.24, 2.45) is 7.05 Å². The highest BCUT2D eigenvalue weighted by Gasteiger charge is 2.12. The van der Waals surface area contributed by atoms with Crippen LogP contribution in [0.25, 0.3) is 0 Å². The first-order valence-corrected chi connectivity index (χ1v) is 5.65. The Morgan fingerprint density at radius 1 is 1.59 bits per heavy atom. The number of aryl methyl sites for hydroxylation is 2. The molecule has 90 valence electrons. The largest absolute Gasteiger partial charge is 0.345 e. The minimum absolute atomic E-state index is 0.228. The van der Waals surface area contributed by atoms with E-state index in [9.17, 15) is 4.79 Å². The van der Waals surface area contributed by atoms with Gasteiger partial charge in [-0.1, -0.05) is 18.5 Å². The van der Waals surface area contributed by atoms with Gasteiger partial charge in [0.25, 0.3) is 5.91 Å². The SMILES string of the molecule is CCc1cc(NC(=O)c2cc(Cl)cn2C)n[nH]1. The fourth-order valence-corrected chi connectivity index (χ4v) is 1.79. The van der Waals surface area contributed by atoms with E-state index >= 15 is 0 Å². The molecule has 0 saturated heterocycles. The average Bonchev–Trinajstić information content (AvgIpc) is 2.85. The third-order valence-electron chi connectivity index (χ3n) is 2.46.